The Hall–Kier alpha value is -3.03. The molecule has 0 N–H and O–H groups in total. The van der Waals surface area contributed by atoms with Crippen LogP contribution in [-0.4, -0.2) is 37.8 Å². The highest BCUT2D eigenvalue weighted by Crippen LogP contribution is 2.30. The number of hydrogen-bond donors (Lipinski definition) is 0. The highest BCUT2D eigenvalue weighted by Gasteiger charge is 2.25. The van der Waals surface area contributed by atoms with E-state index in [2.05, 4.69) is 45.4 Å². The van der Waals surface area contributed by atoms with Gasteiger partial charge in [-0.2, -0.15) is 9.61 Å². The maximum atomic E-state index is 5.96. The molecule has 1 aliphatic heterocycles. The summed E-state index contributed by atoms with van der Waals surface area (Å²) >= 11 is 1.60. The minimum Gasteiger partial charge on any atom is -0.453 e. The van der Waals surface area contributed by atoms with Crippen molar-refractivity contribution < 1.29 is 4.42 Å². The number of aromatic nitrogens is 4. The fourth-order valence-corrected chi connectivity index (χ4v) is 5.01. The van der Waals surface area contributed by atoms with Crippen LogP contribution in [0.2, 0.25) is 0 Å². The molecule has 3 aromatic heterocycles. The van der Waals surface area contributed by atoms with Gasteiger partial charge in [0.1, 0.15) is 10.6 Å². The Kier molecular flexibility index (Phi) is 3.95. The molecule has 0 amide bonds. The average molecular weight is 401 g/mol. The number of furan rings is 1. The summed E-state index contributed by atoms with van der Waals surface area (Å²) in [6.45, 7) is 3.01. The van der Waals surface area contributed by atoms with Gasteiger partial charge in [0.15, 0.2) is 5.76 Å². The van der Waals surface area contributed by atoms with Gasteiger partial charge in [0.25, 0.3) is 0 Å². The Balaban J connectivity index is 1.24. The van der Waals surface area contributed by atoms with Crippen LogP contribution in [0.1, 0.15) is 22.9 Å². The minimum atomic E-state index is 0.605. The monoisotopic (exact) mass is 401 g/mol. The molecule has 1 aliphatic rings. The zero-order valence-electron chi connectivity index (χ0n) is 15.7. The van der Waals surface area contributed by atoms with E-state index in [0.717, 1.165) is 40.6 Å². The van der Waals surface area contributed by atoms with Gasteiger partial charge in [0.05, 0.1) is 6.54 Å². The molecule has 6 rings (SSSR count). The third-order valence-electron chi connectivity index (χ3n) is 5.58. The van der Waals surface area contributed by atoms with Gasteiger partial charge in [-0.15, -0.1) is 10.2 Å². The van der Waals surface area contributed by atoms with Crippen LogP contribution in [0.4, 0.5) is 0 Å². The number of para-hydroxylation sites is 1. The van der Waals surface area contributed by atoms with E-state index in [-0.39, 0.29) is 0 Å². The zero-order valence-corrected chi connectivity index (χ0v) is 16.5. The van der Waals surface area contributed by atoms with Crippen LogP contribution < -0.4 is 0 Å². The Bertz CT molecular complexity index is 1260. The summed E-state index contributed by atoms with van der Waals surface area (Å²) < 4.78 is 7.77. The summed E-state index contributed by atoms with van der Waals surface area (Å²) in [4.78, 5) is 3.28. The van der Waals surface area contributed by atoms with Gasteiger partial charge >= 0.3 is 0 Å². The van der Waals surface area contributed by atoms with Crippen LogP contribution in [0.3, 0.4) is 0 Å². The first-order chi connectivity index (χ1) is 14.3. The topological polar surface area (TPSA) is 59.5 Å². The molecule has 5 aromatic rings. The van der Waals surface area contributed by atoms with Crippen molar-refractivity contribution in [3.05, 3.63) is 71.2 Å². The quantitative estimate of drug-likeness (QED) is 0.441. The molecule has 1 unspecified atom stereocenters. The fraction of sp³-hybridized carbons (Fsp3) is 0.227. The highest BCUT2D eigenvalue weighted by atomic mass is 32.1. The van der Waals surface area contributed by atoms with Crippen molar-refractivity contribution in [1.82, 2.24) is 24.7 Å². The van der Waals surface area contributed by atoms with Gasteiger partial charge < -0.3 is 4.42 Å². The summed E-state index contributed by atoms with van der Waals surface area (Å²) in [5.41, 5.74) is 2.28. The molecule has 0 bridgehead atoms. The lowest BCUT2D eigenvalue weighted by atomic mass is 9.99. The molecule has 4 heterocycles. The van der Waals surface area contributed by atoms with Crippen molar-refractivity contribution in [3.8, 4) is 11.6 Å². The molecule has 1 saturated heterocycles. The Morgan fingerprint density at radius 3 is 2.79 bits per heavy atom. The number of nitrogens with zero attached hydrogens (tertiary/aromatic N) is 5. The van der Waals surface area contributed by atoms with E-state index in [0.29, 0.717) is 17.5 Å². The second kappa shape index (κ2) is 6.79. The number of fused-ring (bicyclic) bond motifs is 2. The van der Waals surface area contributed by atoms with Crippen LogP contribution in [0.25, 0.3) is 27.5 Å². The summed E-state index contributed by atoms with van der Waals surface area (Å²) in [5.74, 6) is 1.95. The Labute approximate surface area is 171 Å². The molecule has 1 atom stereocenters. The molecular weight excluding hydrogens is 382 g/mol. The molecule has 2 aromatic carbocycles. The van der Waals surface area contributed by atoms with Gasteiger partial charge in [0.2, 0.25) is 10.8 Å². The fourth-order valence-electron chi connectivity index (χ4n) is 4.13. The minimum absolute atomic E-state index is 0.605. The van der Waals surface area contributed by atoms with E-state index in [9.17, 15) is 0 Å². The van der Waals surface area contributed by atoms with E-state index in [1.165, 1.54) is 12.0 Å². The predicted molar refractivity (Wildman–Crippen MR) is 113 cm³/mol. The van der Waals surface area contributed by atoms with E-state index < -0.39 is 0 Å². The number of hydrogen-bond acceptors (Lipinski definition) is 6. The van der Waals surface area contributed by atoms with Crippen LogP contribution >= 0.6 is 11.3 Å². The lowest BCUT2D eigenvalue weighted by molar-refractivity contribution is 0.325. The van der Waals surface area contributed by atoms with Crippen molar-refractivity contribution >= 4 is 27.3 Å². The molecule has 0 saturated carbocycles. The van der Waals surface area contributed by atoms with Gasteiger partial charge in [-0.25, -0.2) is 0 Å². The van der Waals surface area contributed by atoms with Gasteiger partial charge in [-0.05, 0) is 36.6 Å². The Morgan fingerprint density at radius 1 is 1.03 bits per heavy atom. The first-order valence-electron chi connectivity index (χ1n) is 9.81. The van der Waals surface area contributed by atoms with Crippen LogP contribution in [0, 0.1) is 0 Å². The lowest BCUT2D eigenvalue weighted by Gasteiger charge is -2.14. The van der Waals surface area contributed by atoms with Crippen LogP contribution in [0.15, 0.2) is 65.1 Å². The van der Waals surface area contributed by atoms with Gasteiger partial charge in [-0.3, -0.25) is 4.90 Å². The summed E-state index contributed by atoms with van der Waals surface area (Å²) in [7, 11) is 0. The normalized spacial score (nSPS) is 17.6. The van der Waals surface area contributed by atoms with E-state index in [4.69, 9.17) is 9.52 Å². The maximum Gasteiger partial charge on any atom is 0.235 e. The molecule has 0 spiro atoms. The Morgan fingerprint density at radius 2 is 1.90 bits per heavy atom. The molecule has 29 heavy (non-hydrogen) atoms. The smallest absolute Gasteiger partial charge is 0.235 e. The van der Waals surface area contributed by atoms with Crippen molar-refractivity contribution in [2.75, 3.05) is 13.1 Å². The van der Waals surface area contributed by atoms with Gasteiger partial charge in [-0.1, -0.05) is 59.9 Å². The second-order valence-electron chi connectivity index (χ2n) is 7.49. The zero-order chi connectivity index (χ0) is 19.2. The number of rotatable bonds is 4. The summed E-state index contributed by atoms with van der Waals surface area (Å²) in [5, 5.41) is 15.5. The highest BCUT2D eigenvalue weighted by molar-refractivity contribution is 7.16. The molecule has 7 heteroatoms. The van der Waals surface area contributed by atoms with Crippen molar-refractivity contribution in [2.45, 2.75) is 18.9 Å². The SMILES string of the molecule is c1ccc(C2CCN(Cc3nn4c(-c5cc6ccccc6o5)nnc4s3)C2)cc1. The number of likely N-dealkylation sites (tertiary alicyclic amines) is 1. The van der Waals surface area contributed by atoms with E-state index in [1.54, 1.807) is 11.3 Å². The van der Waals surface area contributed by atoms with E-state index in [1.807, 2.05) is 34.8 Å². The standard InChI is InChI=1S/C22H19N5OS/c1-2-6-15(7-3-1)17-10-11-26(13-17)14-20-25-27-21(23-24-22(27)29-20)19-12-16-8-4-5-9-18(16)28-19/h1-9,12,17H,10-11,13-14H2. The first-order valence-corrected chi connectivity index (χ1v) is 10.6. The third kappa shape index (κ3) is 3.03. The third-order valence-corrected chi connectivity index (χ3v) is 6.46. The first kappa shape index (κ1) is 16.9. The maximum absolute atomic E-state index is 5.96. The predicted octanol–water partition coefficient (Wildman–Crippen LogP) is 4.59. The van der Waals surface area contributed by atoms with E-state index >= 15 is 0 Å². The van der Waals surface area contributed by atoms with Crippen molar-refractivity contribution in [2.24, 2.45) is 0 Å². The molecule has 0 radical (unpaired) electrons. The molecule has 6 nitrogen and oxygen atoms in total. The second-order valence-corrected chi connectivity index (χ2v) is 8.53. The lowest BCUT2D eigenvalue weighted by Crippen LogP contribution is -2.19. The molecule has 0 aliphatic carbocycles. The molecular formula is C22H19N5OS. The van der Waals surface area contributed by atoms with Crippen molar-refractivity contribution in [1.29, 1.82) is 0 Å². The summed E-state index contributed by atoms with van der Waals surface area (Å²) in [6.07, 6.45) is 1.19. The number of benzene rings is 2. The van der Waals surface area contributed by atoms with Crippen molar-refractivity contribution in [3.63, 3.8) is 0 Å². The van der Waals surface area contributed by atoms with Gasteiger partial charge in [0, 0.05) is 11.9 Å². The largest absolute Gasteiger partial charge is 0.453 e. The molecule has 144 valence electrons. The average Bonchev–Trinajstić information content (AvgIpc) is 3.51. The molecule has 1 fully saturated rings. The van der Waals surface area contributed by atoms with Crippen LogP contribution in [-0.2, 0) is 6.54 Å². The van der Waals surface area contributed by atoms with Crippen LogP contribution in [0.5, 0.6) is 0 Å². The summed E-state index contributed by atoms with van der Waals surface area (Å²) in [6, 6.07) is 20.7.